The Morgan fingerprint density at radius 2 is 2.08 bits per heavy atom. The number of hydrogen-bond donors (Lipinski definition) is 1. The lowest BCUT2D eigenvalue weighted by molar-refractivity contribution is -0.122. The van der Waals surface area contributed by atoms with Crippen LogP contribution < -0.4 is 5.32 Å². The molecule has 2 rings (SSSR count). The van der Waals surface area contributed by atoms with Crippen molar-refractivity contribution >= 4 is 17.5 Å². The van der Waals surface area contributed by atoms with E-state index < -0.39 is 0 Å². The highest BCUT2D eigenvalue weighted by Gasteiger charge is 2.31. The maximum Gasteiger partial charge on any atom is 0.223 e. The Kier molecular flexibility index (Phi) is 2.77. The topological polar surface area (TPSA) is 29.1 Å². The second-order valence-electron chi connectivity index (χ2n) is 4.23. The molecule has 74 valence electrons. The van der Waals surface area contributed by atoms with Crippen LogP contribution in [0.4, 0.5) is 0 Å². The van der Waals surface area contributed by atoms with Gasteiger partial charge in [0.25, 0.3) is 0 Å². The Hall–Kier alpha value is -0.240. The average Bonchev–Trinajstić information content (AvgIpc) is 2.88. The molecule has 2 atom stereocenters. The first kappa shape index (κ1) is 9.32. The molecular formula is C10H16ClNO. The minimum atomic E-state index is 0.246. The van der Waals surface area contributed by atoms with Crippen LogP contribution in [0.3, 0.4) is 0 Å². The fourth-order valence-corrected chi connectivity index (χ4v) is 2.31. The number of rotatable bonds is 3. The SMILES string of the molecule is O=C(NCC1CCCC1Cl)C1CC1. The molecule has 0 spiro atoms. The second-order valence-corrected chi connectivity index (χ2v) is 4.79. The van der Waals surface area contributed by atoms with Crippen LogP contribution in [-0.2, 0) is 4.79 Å². The van der Waals surface area contributed by atoms with Gasteiger partial charge in [-0.25, -0.2) is 0 Å². The van der Waals surface area contributed by atoms with Gasteiger partial charge in [0.15, 0.2) is 0 Å². The fourth-order valence-electron chi connectivity index (χ4n) is 1.94. The van der Waals surface area contributed by atoms with Crippen molar-refractivity contribution in [3.05, 3.63) is 0 Å². The van der Waals surface area contributed by atoms with Crippen molar-refractivity contribution in [3.63, 3.8) is 0 Å². The summed E-state index contributed by atoms with van der Waals surface area (Å²) in [6.45, 7) is 0.795. The molecule has 0 aromatic heterocycles. The molecule has 0 bridgehead atoms. The predicted molar refractivity (Wildman–Crippen MR) is 52.7 cm³/mol. The molecule has 0 aliphatic heterocycles. The van der Waals surface area contributed by atoms with E-state index in [2.05, 4.69) is 5.32 Å². The molecule has 13 heavy (non-hydrogen) atoms. The van der Waals surface area contributed by atoms with Gasteiger partial charge < -0.3 is 5.32 Å². The highest BCUT2D eigenvalue weighted by atomic mass is 35.5. The first-order chi connectivity index (χ1) is 6.27. The van der Waals surface area contributed by atoms with Crippen molar-refractivity contribution in [2.75, 3.05) is 6.54 Å². The Balaban J connectivity index is 1.68. The molecule has 2 nitrogen and oxygen atoms in total. The van der Waals surface area contributed by atoms with Gasteiger partial charge in [-0.1, -0.05) is 6.42 Å². The van der Waals surface area contributed by atoms with E-state index in [9.17, 15) is 4.79 Å². The molecule has 2 aliphatic rings. The molecule has 2 saturated carbocycles. The van der Waals surface area contributed by atoms with Gasteiger partial charge in [0, 0.05) is 17.8 Å². The lowest BCUT2D eigenvalue weighted by Crippen LogP contribution is -2.31. The van der Waals surface area contributed by atoms with Crippen LogP contribution >= 0.6 is 11.6 Å². The molecular weight excluding hydrogens is 186 g/mol. The van der Waals surface area contributed by atoms with Crippen molar-refractivity contribution in [1.82, 2.24) is 5.32 Å². The maximum atomic E-state index is 11.3. The standard InChI is InChI=1S/C10H16ClNO/c11-9-3-1-2-8(9)6-12-10(13)7-4-5-7/h7-9H,1-6H2,(H,12,13). The van der Waals surface area contributed by atoms with E-state index in [0.29, 0.717) is 17.2 Å². The molecule has 2 fully saturated rings. The molecule has 2 unspecified atom stereocenters. The quantitative estimate of drug-likeness (QED) is 0.695. The summed E-state index contributed by atoms with van der Waals surface area (Å²) in [6, 6.07) is 0. The Labute approximate surface area is 84.0 Å². The van der Waals surface area contributed by atoms with Gasteiger partial charge in [-0.15, -0.1) is 11.6 Å². The van der Waals surface area contributed by atoms with E-state index in [1.807, 2.05) is 0 Å². The van der Waals surface area contributed by atoms with Crippen LogP contribution in [0.5, 0.6) is 0 Å². The van der Waals surface area contributed by atoms with Crippen molar-refractivity contribution in [2.45, 2.75) is 37.5 Å². The molecule has 0 aromatic carbocycles. The molecule has 1 N–H and O–H groups in total. The summed E-state index contributed by atoms with van der Waals surface area (Å²) < 4.78 is 0. The van der Waals surface area contributed by atoms with E-state index in [-0.39, 0.29) is 5.91 Å². The number of alkyl halides is 1. The molecule has 0 aromatic rings. The second kappa shape index (κ2) is 3.87. The van der Waals surface area contributed by atoms with Crippen LogP contribution in [0.25, 0.3) is 0 Å². The van der Waals surface area contributed by atoms with E-state index in [1.165, 1.54) is 12.8 Å². The van der Waals surface area contributed by atoms with Gasteiger partial charge in [-0.3, -0.25) is 4.79 Å². The smallest absolute Gasteiger partial charge is 0.223 e. The molecule has 0 radical (unpaired) electrons. The van der Waals surface area contributed by atoms with Crippen LogP contribution in [0.15, 0.2) is 0 Å². The van der Waals surface area contributed by atoms with Gasteiger partial charge in [-0.2, -0.15) is 0 Å². The van der Waals surface area contributed by atoms with Gasteiger partial charge >= 0.3 is 0 Å². The van der Waals surface area contributed by atoms with Gasteiger partial charge in [0.2, 0.25) is 5.91 Å². The Bertz CT molecular complexity index is 203. The average molecular weight is 202 g/mol. The minimum absolute atomic E-state index is 0.246. The number of carbonyl (C=O) groups is 1. The molecule has 3 heteroatoms. The largest absolute Gasteiger partial charge is 0.356 e. The molecule has 0 heterocycles. The van der Waals surface area contributed by atoms with Crippen LogP contribution in [0.1, 0.15) is 32.1 Å². The third-order valence-corrected chi connectivity index (χ3v) is 3.63. The summed E-state index contributed by atoms with van der Waals surface area (Å²) in [7, 11) is 0. The zero-order valence-electron chi connectivity index (χ0n) is 7.76. The zero-order chi connectivity index (χ0) is 9.26. The fraction of sp³-hybridized carbons (Fsp3) is 0.900. The first-order valence-corrected chi connectivity index (χ1v) is 5.63. The van der Waals surface area contributed by atoms with Gasteiger partial charge in [-0.05, 0) is 31.6 Å². The molecule has 1 amide bonds. The highest BCUT2D eigenvalue weighted by Crippen LogP contribution is 2.31. The normalized spacial score (nSPS) is 33.3. The van der Waals surface area contributed by atoms with Gasteiger partial charge in [0.1, 0.15) is 0 Å². The van der Waals surface area contributed by atoms with Crippen molar-refractivity contribution in [3.8, 4) is 0 Å². The van der Waals surface area contributed by atoms with Gasteiger partial charge in [0.05, 0.1) is 0 Å². The van der Waals surface area contributed by atoms with E-state index in [4.69, 9.17) is 11.6 Å². The minimum Gasteiger partial charge on any atom is -0.356 e. The zero-order valence-corrected chi connectivity index (χ0v) is 8.52. The summed E-state index contributed by atoms with van der Waals surface area (Å²) in [5.41, 5.74) is 0. The van der Waals surface area contributed by atoms with Crippen molar-refractivity contribution < 1.29 is 4.79 Å². The van der Waals surface area contributed by atoms with Crippen LogP contribution in [0, 0.1) is 11.8 Å². The number of hydrogen-bond acceptors (Lipinski definition) is 1. The maximum absolute atomic E-state index is 11.3. The Morgan fingerprint density at radius 1 is 1.31 bits per heavy atom. The predicted octanol–water partition coefficient (Wildman–Crippen LogP) is 1.92. The van der Waals surface area contributed by atoms with Crippen molar-refractivity contribution in [1.29, 1.82) is 0 Å². The lowest BCUT2D eigenvalue weighted by atomic mass is 10.1. The van der Waals surface area contributed by atoms with E-state index in [1.54, 1.807) is 0 Å². The van der Waals surface area contributed by atoms with E-state index >= 15 is 0 Å². The summed E-state index contributed by atoms with van der Waals surface area (Å²) >= 11 is 6.11. The lowest BCUT2D eigenvalue weighted by Gasteiger charge is -2.13. The summed E-state index contributed by atoms with van der Waals surface area (Å²) in [6.07, 6.45) is 5.68. The monoisotopic (exact) mass is 201 g/mol. The van der Waals surface area contributed by atoms with Crippen molar-refractivity contribution in [2.24, 2.45) is 11.8 Å². The molecule has 0 saturated heterocycles. The number of halogens is 1. The van der Waals surface area contributed by atoms with Crippen LogP contribution in [0.2, 0.25) is 0 Å². The summed E-state index contributed by atoms with van der Waals surface area (Å²) in [5, 5.41) is 3.28. The number of nitrogens with one attached hydrogen (secondary N) is 1. The third-order valence-electron chi connectivity index (χ3n) is 3.05. The third kappa shape index (κ3) is 2.37. The molecule has 2 aliphatic carbocycles. The number of amides is 1. The first-order valence-electron chi connectivity index (χ1n) is 5.19. The Morgan fingerprint density at radius 3 is 2.62 bits per heavy atom. The highest BCUT2D eigenvalue weighted by molar-refractivity contribution is 6.20. The summed E-state index contributed by atoms with van der Waals surface area (Å²) in [4.78, 5) is 11.3. The number of carbonyl (C=O) groups excluding carboxylic acids is 1. The van der Waals surface area contributed by atoms with E-state index in [0.717, 1.165) is 25.8 Å². The van der Waals surface area contributed by atoms with Crippen LogP contribution in [-0.4, -0.2) is 17.8 Å². The summed E-state index contributed by atoms with van der Waals surface area (Å²) in [5.74, 6) is 1.09.